The maximum atomic E-state index is 15.0. The van der Waals surface area contributed by atoms with Gasteiger partial charge in [-0.3, -0.25) is 0 Å². The first kappa shape index (κ1) is 22.7. The first-order valence-corrected chi connectivity index (χ1v) is 12.3. The predicted octanol–water partition coefficient (Wildman–Crippen LogP) is 8.88. The maximum absolute atomic E-state index is 15.0. The molecule has 0 saturated heterocycles. The highest BCUT2D eigenvalue weighted by molar-refractivity contribution is 5.65. The van der Waals surface area contributed by atoms with Crippen LogP contribution >= 0.6 is 0 Å². The van der Waals surface area contributed by atoms with Gasteiger partial charge < -0.3 is 0 Å². The zero-order chi connectivity index (χ0) is 22.3. The fraction of sp³-hybridized carbons (Fsp3) is 0.400. The lowest BCUT2D eigenvalue weighted by atomic mass is 9.77. The van der Waals surface area contributed by atoms with Crippen LogP contribution in [-0.2, 0) is 12.8 Å². The molecule has 0 unspecified atom stereocenters. The second kappa shape index (κ2) is 10.9. The fourth-order valence-corrected chi connectivity index (χ4v) is 5.09. The van der Waals surface area contributed by atoms with Crippen LogP contribution in [0.4, 0.5) is 8.78 Å². The molecular formula is C30H34F2. The van der Waals surface area contributed by atoms with Crippen molar-refractivity contribution < 1.29 is 8.78 Å². The van der Waals surface area contributed by atoms with E-state index in [0.29, 0.717) is 11.5 Å². The molecule has 3 aromatic carbocycles. The molecular weight excluding hydrogens is 398 g/mol. The van der Waals surface area contributed by atoms with Gasteiger partial charge in [-0.15, -0.1) is 0 Å². The van der Waals surface area contributed by atoms with Crippen LogP contribution in [0.1, 0.15) is 74.5 Å². The summed E-state index contributed by atoms with van der Waals surface area (Å²) >= 11 is 0. The molecule has 1 aliphatic rings. The number of benzene rings is 3. The van der Waals surface area contributed by atoms with Crippen molar-refractivity contribution in [1.82, 2.24) is 0 Å². The lowest BCUT2D eigenvalue weighted by Crippen LogP contribution is -2.13. The third-order valence-electron chi connectivity index (χ3n) is 7.16. The smallest absolute Gasteiger partial charge is 0.131 e. The van der Waals surface area contributed by atoms with E-state index >= 15 is 4.39 Å². The van der Waals surface area contributed by atoms with Gasteiger partial charge in [-0.25, -0.2) is 8.78 Å². The minimum Gasteiger partial charge on any atom is -0.207 e. The van der Waals surface area contributed by atoms with Crippen LogP contribution in [0, 0.1) is 17.6 Å². The van der Waals surface area contributed by atoms with E-state index in [1.165, 1.54) is 62.6 Å². The van der Waals surface area contributed by atoms with E-state index in [2.05, 4.69) is 25.1 Å². The number of aryl methyl sites for hydroxylation is 2. The predicted molar refractivity (Wildman–Crippen MR) is 130 cm³/mol. The van der Waals surface area contributed by atoms with Crippen LogP contribution in [0.5, 0.6) is 0 Å². The van der Waals surface area contributed by atoms with Gasteiger partial charge in [0.15, 0.2) is 0 Å². The monoisotopic (exact) mass is 432 g/mol. The van der Waals surface area contributed by atoms with E-state index in [-0.39, 0.29) is 11.6 Å². The van der Waals surface area contributed by atoms with Gasteiger partial charge >= 0.3 is 0 Å². The summed E-state index contributed by atoms with van der Waals surface area (Å²) in [5, 5.41) is 0. The Kier molecular flexibility index (Phi) is 7.73. The summed E-state index contributed by atoms with van der Waals surface area (Å²) in [6.45, 7) is 2.26. The quantitative estimate of drug-likeness (QED) is 0.333. The number of hydrogen-bond acceptors (Lipinski definition) is 0. The molecule has 0 atom stereocenters. The lowest BCUT2D eigenvalue weighted by Gasteiger charge is -2.29. The van der Waals surface area contributed by atoms with Crippen LogP contribution < -0.4 is 0 Å². The Bertz CT molecular complexity index is 980. The van der Waals surface area contributed by atoms with E-state index < -0.39 is 0 Å². The summed E-state index contributed by atoms with van der Waals surface area (Å²) in [5.74, 6) is 1.06. The standard InChI is InChI=1S/C30H34F2/c1-2-3-4-22-7-13-25(14-8-22)27-17-20-29(30(32)21-27)26-15-9-23(10-16-26)5-6-24-11-18-28(31)19-12-24/h9-12,15-22,25H,2-8,13-14H2,1H3/t22-,25-. The van der Waals surface area contributed by atoms with Gasteiger partial charge in [-0.2, -0.15) is 0 Å². The molecule has 0 aliphatic heterocycles. The Morgan fingerprint density at radius 2 is 1.38 bits per heavy atom. The van der Waals surface area contributed by atoms with E-state index in [0.717, 1.165) is 35.4 Å². The van der Waals surface area contributed by atoms with Crippen LogP contribution in [-0.4, -0.2) is 0 Å². The molecule has 1 saturated carbocycles. The molecule has 0 N–H and O–H groups in total. The number of rotatable bonds is 8. The van der Waals surface area contributed by atoms with Gasteiger partial charge in [-0.1, -0.05) is 74.7 Å². The van der Waals surface area contributed by atoms with E-state index in [1.807, 2.05) is 30.3 Å². The molecule has 168 valence electrons. The van der Waals surface area contributed by atoms with Crippen molar-refractivity contribution in [1.29, 1.82) is 0 Å². The summed E-state index contributed by atoms with van der Waals surface area (Å²) in [6.07, 6.45) is 10.7. The van der Waals surface area contributed by atoms with Crippen molar-refractivity contribution in [2.24, 2.45) is 5.92 Å². The second-order valence-electron chi connectivity index (χ2n) is 9.42. The Balaban J connectivity index is 1.36. The van der Waals surface area contributed by atoms with Crippen molar-refractivity contribution in [3.8, 4) is 11.1 Å². The average molecular weight is 433 g/mol. The van der Waals surface area contributed by atoms with Gasteiger partial charge in [0, 0.05) is 5.56 Å². The SMILES string of the molecule is CCCC[C@H]1CC[C@H](c2ccc(-c3ccc(CCc4ccc(F)cc4)cc3)c(F)c2)CC1. The van der Waals surface area contributed by atoms with Crippen LogP contribution in [0.15, 0.2) is 66.7 Å². The van der Waals surface area contributed by atoms with Crippen molar-refractivity contribution in [3.05, 3.63) is 95.1 Å². The van der Waals surface area contributed by atoms with Gasteiger partial charge in [0.05, 0.1) is 0 Å². The van der Waals surface area contributed by atoms with Crippen LogP contribution in [0.25, 0.3) is 11.1 Å². The highest BCUT2D eigenvalue weighted by Gasteiger charge is 2.22. The van der Waals surface area contributed by atoms with Gasteiger partial charge in [0.2, 0.25) is 0 Å². The molecule has 1 aliphatic carbocycles. The number of hydrogen-bond donors (Lipinski definition) is 0. The summed E-state index contributed by atoms with van der Waals surface area (Å²) in [4.78, 5) is 0. The van der Waals surface area contributed by atoms with Crippen molar-refractivity contribution in [3.63, 3.8) is 0 Å². The zero-order valence-corrected chi connectivity index (χ0v) is 19.1. The summed E-state index contributed by atoms with van der Waals surface area (Å²) in [6, 6.07) is 20.7. The third-order valence-corrected chi connectivity index (χ3v) is 7.16. The van der Waals surface area contributed by atoms with E-state index in [9.17, 15) is 4.39 Å². The fourth-order valence-electron chi connectivity index (χ4n) is 5.09. The van der Waals surface area contributed by atoms with Gasteiger partial charge in [0.1, 0.15) is 11.6 Å². The largest absolute Gasteiger partial charge is 0.207 e. The van der Waals surface area contributed by atoms with Gasteiger partial charge in [0.25, 0.3) is 0 Å². The second-order valence-corrected chi connectivity index (χ2v) is 9.42. The molecule has 0 aromatic heterocycles. The number of unbranched alkanes of at least 4 members (excludes halogenated alkanes) is 1. The molecule has 0 radical (unpaired) electrons. The number of halogens is 2. The molecule has 0 bridgehead atoms. The molecule has 0 heterocycles. The molecule has 2 heteroatoms. The Morgan fingerprint density at radius 3 is 1.97 bits per heavy atom. The van der Waals surface area contributed by atoms with Crippen LogP contribution in [0.2, 0.25) is 0 Å². The average Bonchev–Trinajstić information content (AvgIpc) is 2.83. The van der Waals surface area contributed by atoms with E-state index in [4.69, 9.17) is 0 Å². The van der Waals surface area contributed by atoms with Gasteiger partial charge in [-0.05, 0) is 90.8 Å². The topological polar surface area (TPSA) is 0 Å². The van der Waals surface area contributed by atoms with Crippen molar-refractivity contribution in [2.45, 2.75) is 70.6 Å². The molecule has 0 amide bonds. The Morgan fingerprint density at radius 1 is 0.750 bits per heavy atom. The lowest BCUT2D eigenvalue weighted by molar-refractivity contribution is 0.304. The van der Waals surface area contributed by atoms with E-state index in [1.54, 1.807) is 6.07 Å². The maximum Gasteiger partial charge on any atom is 0.131 e. The molecule has 0 nitrogen and oxygen atoms in total. The summed E-state index contributed by atoms with van der Waals surface area (Å²) in [7, 11) is 0. The minimum atomic E-state index is -0.203. The summed E-state index contributed by atoms with van der Waals surface area (Å²) in [5.41, 5.74) is 5.08. The highest BCUT2D eigenvalue weighted by atomic mass is 19.1. The van der Waals surface area contributed by atoms with Crippen molar-refractivity contribution in [2.75, 3.05) is 0 Å². The third kappa shape index (κ3) is 5.85. The van der Waals surface area contributed by atoms with Crippen LogP contribution in [0.3, 0.4) is 0 Å². The molecule has 0 spiro atoms. The normalized spacial score (nSPS) is 18.6. The first-order valence-electron chi connectivity index (χ1n) is 12.3. The summed E-state index contributed by atoms with van der Waals surface area (Å²) < 4.78 is 28.1. The molecule has 3 aromatic rings. The Hall–Kier alpha value is -2.48. The van der Waals surface area contributed by atoms with Crippen molar-refractivity contribution >= 4 is 0 Å². The Labute approximate surface area is 191 Å². The zero-order valence-electron chi connectivity index (χ0n) is 19.1. The highest BCUT2D eigenvalue weighted by Crippen LogP contribution is 2.38. The molecule has 4 rings (SSSR count). The first-order chi connectivity index (χ1) is 15.6. The minimum absolute atomic E-state index is 0.116. The molecule has 1 fully saturated rings. The molecule has 32 heavy (non-hydrogen) atoms.